The maximum absolute atomic E-state index is 9.46. The number of ether oxygens (including phenoxy) is 1. The number of nitrogen functional groups attached to an aromatic ring is 2. The van der Waals surface area contributed by atoms with Crippen molar-refractivity contribution in [3.05, 3.63) is 58.9 Å². The highest BCUT2D eigenvalue weighted by atomic mass is 16.5. The Hall–Kier alpha value is -4.77. The number of hydrogen-bond acceptors (Lipinski definition) is 10. The van der Waals surface area contributed by atoms with Gasteiger partial charge >= 0.3 is 0 Å². The molecule has 4 rings (SSSR count). The number of fused-ring (bicyclic) bond motifs is 1. The molecule has 3 aromatic rings. The molecular formula is C20H18N10O. The number of rotatable bonds is 4. The van der Waals surface area contributed by atoms with Crippen molar-refractivity contribution in [1.29, 1.82) is 10.5 Å². The smallest absolute Gasteiger partial charge is 0.211 e. The SMILES string of the molecule is COc1ccc(C2N=C(NC#N)Nc3nc(N)c(C#N)c(N)c32)cc1Cn1cccn1. The summed E-state index contributed by atoms with van der Waals surface area (Å²) < 4.78 is 7.27. The minimum Gasteiger partial charge on any atom is -0.496 e. The lowest BCUT2D eigenvalue weighted by Gasteiger charge is -2.26. The highest BCUT2D eigenvalue weighted by molar-refractivity contribution is 5.98. The molecule has 0 saturated carbocycles. The van der Waals surface area contributed by atoms with Crippen LogP contribution in [0.4, 0.5) is 17.3 Å². The first-order chi connectivity index (χ1) is 15.0. The van der Waals surface area contributed by atoms with Crippen LogP contribution in [0, 0.1) is 22.8 Å². The number of hydrogen-bond donors (Lipinski definition) is 4. The van der Waals surface area contributed by atoms with Gasteiger partial charge in [-0.05, 0) is 23.8 Å². The minimum absolute atomic E-state index is 0.00249. The molecule has 1 atom stereocenters. The highest BCUT2D eigenvalue weighted by Gasteiger charge is 2.30. The van der Waals surface area contributed by atoms with Crippen LogP contribution in [0.25, 0.3) is 0 Å². The second kappa shape index (κ2) is 7.93. The van der Waals surface area contributed by atoms with E-state index in [9.17, 15) is 5.26 Å². The third-order valence-corrected chi connectivity index (χ3v) is 4.87. The topological polar surface area (TPSA) is 176 Å². The van der Waals surface area contributed by atoms with E-state index >= 15 is 0 Å². The Kier molecular flexibility index (Phi) is 5.00. The molecule has 31 heavy (non-hydrogen) atoms. The Balaban J connectivity index is 1.87. The van der Waals surface area contributed by atoms with Gasteiger partial charge < -0.3 is 21.5 Å². The molecule has 0 fully saturated rings. The lowest BCUT2D eigenvalue weighted by atomic mass is 9.94. The van der Waals surface area contributed by atoms with Gasteiger partial charge in [-0.15, -0.1) is 0 Å². The Morgan fingerprint density at radius 2 is 2.16 bits per heavy atom. The molecule has 2 aromatic heterocycles. The number of anilines is 3. The van der Waals surface area contributed by atoms with Crippen LogP contribution in [0.3, 0.4) is 0 Å². The molecule has 6 N–H and O–H groups in total. The Morgan fingerprint density at radius 1 is 1.32 bits per heavy atom. The predicted octanol–water partition coefficient (Wildman–Crippen LogP) is 1.31. The third kappa shape index (κ3) is 3.52. The van der Waals surface area contributed by atoms with Gasteiger partial charge in [-0.2, -0.15) is 15.6 Å². The zero-order chi connectivity index (χ0) is 22.0. The Labute approximate surface area is 177 Å². The van der Waals surface area contributed by atoms with Crippen molar-refractivity contribution < 1.29 is 4.74 Å². The molecule has 1 aromatic carbocycles. The summed E-state index contributed by atoms with van der Waals surface area (Å²) in [6.45, 7) is 0.480. The van der Waals surface area contributed by atoms with E-state index < -0.39 is 6.04 Å². The largest absolute Gasteiger partial charge is 0.496 e. The summed E-state index contributed by atoms with van der Waals surface area (Å²) in [6.07, 6.45) is 5.38. The van der Waals surface area contributed by atoms with Crippen molar-refractivity contribution in [1.82, 2.24) is 20.1 Å². The number of nitrogens with two attached hydrogens (primary N) is 2. The maximum atomic E-state index is 9.46. The van der Waals surface area contributed by atoms with Crippen LogP contribution >= 0.6 is 0 Å². The van der Waals surface area contributed by atoms with Gasteiger partial charge in [0.1, 0.15) is 35.1 Å². The van der Waals surface area contributed by atoms with Crippen molar-refractivity contribution in [2.45, 2.75) is 12.6 Å². The van der Waals surface area contributed by atoms with Crippen LogP contribution in [0.15, 0.2) is 41.7 Å². The van der Waals surface area contributed by atoms with Crippen LogP contribution in [0.5, 0.6) is 5.75 Å². The predicted molar refractivity (Wildman–Crippen MR) is 114 cm³/mol. The molecule has 11 nitrogen and oxygen atoms in total. The van der Waals surface area contributed by atoms with E-state index in [1.807, 2.05) is 42.7 Å². The average molecular weight is 414 g/mol. The summed E-state index contributed by atoms with van der Waals surface area (Å²) >= 11 is 0. The summed E-state index contributed by atoms with van der Waals surface area (Å²) in [4.78, 5) is 8.85. The molecule has 3 heterocycles. The normalized spacial score (nSPS) is 14.4. The van der Waals surface area contributed by atoms with Crippen molar-refractivity contribution in [2.24, 2.45) is 4.99 Å². The molecule has 0 radical (unpaired) electrons. The fourth-order valence-electron chi connectivity index (χ4n) is 3.48. The molecule has 154 valence electrons. The van der Waals surface area contributed by atoms with E-state index in [1.54, 1.807) is 18.0 Å². The number of benzene rings is 1. The molecule has 1 aliphatic rings. The van der Waals surface area contributed by atoms with Crippen LogP contribution in [0.1, 0.15) is 28.3 Å². The first kappa shape index (κ1) is 19.5. The zero-order valence-corrected chi connectivity index (χ0v) is 16.5. The monoisotopic (exact) mass is 414 g/mol. The average Bonchev–Trinajstić information content (AvgIpc) is 3.26. The summed E-state index contributed by atoms with van der Waals surface area (Å²) in [7, 11) is 1.60. The van der Waals surface area contributed by atoms with Crippen LogP contribution in [-0.4, -0.2) is 27.8 Å². The maximum Gasteiger partial charge on any atom is 0.211 e. The van der Waals surface area contributed by atoms with E-state index in [0.29, 0.717) is 23.7 Å². The van der Waals surface area contributed by atoms with E-state index in [-0.39, 0.29) is 23.0 Å². The zero-order valence-electron chi connectivity index (χ0n) is 16.5. The molecule has 11 heteroatoms. The number of pyridine rings is 1. The molecule has 0 amide bonds. The summed E-state index contributed by atoms with van der Waals surface area (Å²) in [5, 5.41) is 28.1. The van der Waals surface area contributed by atoms with Crippen LogP contribution < -0.4 is 26.8 Å². The van der Waals surface area contributed by atoms with Gasteiger partial charge in [0.25, 0.3) is 0 Å². The van der Waals surface area contributed by atoms with Crippen molar-refractivity contribution in [2.75, 3.05) is 23.9 Å². The summed E-state index contributed by atoms with van der Waals surface area (Å²) in [6, 6.07) is 8.80. The van der Waals surface area contributed by atoms with Gasteiger partial charge in [0.2, 0.25) is 5.96 Å². The number of methoxy groups -OCH3 is 1. The summed E-state index contributed by atoms with van der Waals surface area (Å²) in [5.41, 5.74) is 14.6. The molecule has 0 spiro atoms. The highest BCUT2D eigenvalue weighted by Crippen LogP contribution is 2.41. The third-order valence-electron chi connectivity index (χ3n) is 4.87. The second-order valence-corrected chi connectivity index (χ2v) is 6.68. The summed E-state index contributed by atoms with van der Waals surface area (Å²) in [5.74, 6) is 1.21. The van der Waals surface area contributed by atoms with Crippen molar-refractivity contribution >= 4 is 23.3 Å². The van der Waals surface area contributed by atoms with E-state index in [2.05, 4.69) is 25.7 Å². The minimum atomic E-state index is -0.630. The quantitative estimate of drug-likeness (QED) is 0.362. The van der Waals surface area contributed by atoms with Crippen LogP contribution in [0.2, 0.25) is 0 Å². The lowest BCUT2D eigenvalue weighted by Crippen LogP contribution is -2.32. The number of guanidine groups is 1. The second-order valence-electron chi connectivity index (χ2n) is 6.68. The first-order valence-corrected chi connectivity index (χ1v) is 9.18. The van der Waals surface area contributed by atoms with Crippen molar-refractivity contribution in [3.63, 3.8) is 0 Å². The fourth-order valence-corrected chi connectivity index (χ4v) is 3.48. The Bertz CT molecular complexity index is 1250. The first-order valence-electron chi connectivity index (χ1n) is 9.18. The number of nitrogens with one attached hydrogen (secondary N) is 2. The molecule has 0 aliphatic carbocycles. The Morgan fingerprint density at radius 3 is 2.84 bits per heavy atom. The van der Waals surface area contributed by atoms with E-state index in [1.165, 1.54) is 0 Å². The molecule has 0 saturated heterocycles. The fraction of sp³-hybridized carbons (Fsp3) is 0.150. The molecule has 1 unspecified atom stereocenters. The lowest BCUT2D eigenvalue weighted by molar-refractivity contribution is 0.407. The number of nitrogens with zero attached hydrogens (tertiary/aromatic N) is 6. The van der Waals surface area contributed by atoms with Gasteiger partial charge in [0.15, 0.2) is 6.19 Å². The van der Waals surface area contributed by atoms with Gasteiger partial charge in [-0.25, -0.2) is 9.98 Å². The van der Waals surface area contributed by atoms with Gasteiger partial charge in [-0.1, -0.05) is 6.07 Å². The van der Waals surface area contributed by atoms with Crippen LogP contribution in [-0.2, 0) is 6.54 Å². The van der Waals surface area contributed by atoms with Gasteiger partial charge in [0.05, 0.1) is 19.3 Å². The van der Waals surface area contributed by atoms with Gasteiger partial charge in [0, 0.05) is 23.5 Å². The van der Waals surface area contributed by atoms with E-state index in [0.717, 1.165) is 11.1 Å². The molecular weight excluding hydrogens is 396 g/mol. The number of aliphatic imine (C=N–C) groups is 1. The number of nitriles is 2. The molecule has 0 bridgehead atoms. The number of aromatic nitrogens is 3. The standard InChI is InChI=1S/C20H18N10O/c1-31-14-4-3-11(7-12(14)9-30-6-2-5-26-30)17-15-16(23)13(8-21)18(24)28-19(15)29-20(27-17)25-10-22/h2-7,17H,9H2,1H3,(H6,23,24,25,27,28,29). The van der Waals surface area contributed by atoms with E-state index in [4.69, 9.17) is 21.5 Å². The van der Waals surface area contributed by atoms with Gasteiger partial charge in [-0.3, -0.25) is 10.00 Å². The van der Waals surface area contributed by atoms with Crippen molar-refractivity contribution in [3.8, 4) is 18.0 Å². The molecule has 1 aliphatic heterocycles.